The minimum Gasteiger partial charge on any atom is -0.381 e. The van der Waals surface area contributed by atoms with E-state index in [1.54, 1.807) is 0 Å². The van der Waals surface area contributed by atoms with Crippen LogP contribution in [0.1, 0.15) is 38.5 Å². The molecule has 94 valence electrons. The molecule has 0 spiro atoms. The van der Waals surface area contributed by atoms with E-state index in [4.69, 9.17) is 9.47 Å². The predicted octanol–water partition coefficient (Wildman–Crippen LogP) is 1.96. The van der Waals surface area contributed by atoms with Crippen LogP contribution in [-0.4, -0.2) is 39.0 Å². The minimum absolute atomic E-state index is 0.526. The molecule has 2 fully saturated rings. The van der Waals surface area contributed by atoms with Gasteiger partial charge in [0.25, 0.3) is 0 Å². The molecule has 0 aromatic heterocycles. The molecule has 1 unspecified atom stereocenters. The molecule has 1 saturated heterocycles. The second-order valence-electron chi connectivity index (χ2n) is 5.05. The van der Waals surface area contributed by atoms with Gasteiger partial charge in [0.05, 0.1) is 6.10 Å². The quantitative estimate of drug-likeness (QED) is 0.611. The molecule has 1 saturated carbocycles. The van der Waals surface area contributed by atoms with Gasteiger partial charge in [-0.1, -0.05) is 0 Å². The van der Waals surface area contributed by atoms with Crippen molar-refractivity contribution in [1.29, 1.82) is 0 Å². The van der Waals surface area contributed by atoms with Crippen molar-refractivity contribution in [2.45, 2.75) is 44.6 Å². The summed E-state index contributed by atoms with van der Waals surface area (Å²) in [6.07, 6.45) is 8.12. The highest BCUT2D eigenvalue weighted by Gasteiger charge is 2.20. The van der Waals surface area contributed by atoms with Gasteiger partial charge >= 0.3 is 0 Å². The highest BCUT2D eigenvalue weighted by atomic mass is 16.5. The Labute approximate surface area is 98.9 Å². The molecule has 0 aromatic carbocycles. The van der Waals surface area contributed by atoms with E-state index in [-0.39, 0.29) is 0 Å². The van der Waals surface area contributed by atoms with Gasteiger partial charge in [-0.15, -0.1) is 0 Å². The van der Waals surface area contributed by atoms with Crippen molar-refractivity contribution in [3.05, 3.63) is 0 Å². The third kappa shape index (κ3) is 5.28. The summed E-state index contributed by atoms with van der Waals surface area (Å²) in [5, 5.41) is 3.46. The van der Waals surface area contributed by atoms with Crippen LogP contribution in [0.5, 0.6) is 0 Å². The van der Waals surface area contributed by atoms with Crippen LogP contribution in [0.2, 0.25) is 0 Å². The van der Waals surface area contributed by atoms with Gasteiger partial charge in [0.2, 0.25) is 0 Å². The lowest BCUT2D eigenvalue weighted by Gasteiger charge is -2.09. The van der Waals surface area contributed by atoms with Crippen molar-refractivity contribution in [3.8, 4) is 0 Å². The molecule has 1 heterocycles. The predicted molar refractivity (Wildman–Crippen MR) is 64.6 cm³/mol. The maximum atomic E-state index is 5.57. The Morgan fingerprint density at radius 3 is 2.88 bits per heavy atom. The molecule has 2 aliphatic rings. The molecular formula is C13H25NO2. The van der Waals surface area contributed by atoms with Crippen LogP contribution < -0.4 is 5.32 Å². The zero-order valence-corrected chi connectivity index (χ0v) is 10.2. The van der Waals surface area contributed by atoms with Gasteiger partial charge in [0.15, 0.2) is 0 Å². The van der Waals surface area contributed by atoms with Crippen LogP contribution in [0.4, 0.5) is 0 Å². The van der Waals surface area contributed by atoms with Crippen LogP contribution in [0, 0.1) is 5.92 Å². The molecule has 0 bridgehead atoms. The monoisotopic (exact) mass is 227 g/mol. The number of rotatable bonds is 9. The Morgan fingerprint density at radius 1 is 1.19 bits per heavy atom. The lowest BCUT2D eigenvalue weighted by molar-refractivity contribution is 0.103. The molecule has 0 radical (unpaired) electrons. The van der Waals surface area contributed by atoms with Crippen LogP contribution in [-0.2, 0) is 9.47 Å². The van der Waals surface area contributed by atoms with E-state index in [1.807, 2.05) is 0 Å². The fraction of sp³-hybridized carbons (Fsp3) is 1.00. The fourth-order valence-corrected chi connectivity index (χ4v) is 2.09. The van der Waals surface area contributed by atoms with Crippen LogP contribution in [0.25, 0.3) is 0 Å². The first-order valence-corrected chi connectivity index (χ1v) is 6.85. The van der Waals surface area contributed by atoms with Gasteiger partial charge in [0, 0.05) is 19.8 Å². The molecule has 0 amide bonds. The van der Waals surface area contributed by atoms with Gasteiger partial charge < -0.3 is 14.8 Å². The second-order valence-corrected chi connectivity index (χ2v) is 5.05. The SMILES string of the molecule is C(CNCCC1CCCO1)COCC1CC1. The summed E-state index contributed by atoms with van der Waals surface area (Å²) in [6.45, 7) is 5.06. The van der Waals surface area contributed by atoms with Crippen molar-refractivity contribution in [2.24, 2.45) is 5.92 Å². The molecule has 1 N–H and O–H groups in total. The Balaban J connectivity index is 1.29. The maximum Gasteiger partial charge on any atom is 0.0588 e. The molecule has 16 heavy (non-hydrogen) atoms. The van der Waals surface area contributed by atoms with Crippen molar-refractivity contribution in [1.82, 2.24) is 5.32 Å². The van der Waals surface area contributed by atoms with Crippen LogP contribution in [0.3, 0.4) is 0 Å². The molecule has 1 atom stereocenters. The number of nitrogens with one attached hydrogen (secondary N) is 1. The third-order valence-corrected chi connectivity index (χ3v) is 3.36. The first kappa shape index (κ1) is 12.3. The number of hydrogen-bond donors (Lipinski definition) is 1. The van der Waals surface area contributed by atoms with E-state index in [0.717, 1.165) is 45.2 Å². The largest absolute Gasteiger partial charge is 0.381 e. The van der Waals surface area contributed by atoms with Gasteiger partial charge in [-0.3, -0.25) is 0 Å². The fourth-order valence-electron chi connectivity index (χ4n) is 2.09. The standard InChI is InChI=1S/C13H25NO2/c1-3-13(16-10-1)6-8-14-7-2-9-15-11-12-4-5-12/h12-14H,1-11H2. The molecule has 1 aliphatic carbocycles. The van der Waals surface area contributed by atoms with Gasteiger partial charge in [0.1, 0.15) is 0 Å². The summed E-state index contributed by atoms with van der Waals surface area (Å²) < 4.78 is 11.1. The lowest BCUT2D eigenvalue weighted by Crippen LogP contribution is -2.22. The Hall–Kier alpha value is -0.120. The summed E-state index contributed by atoms with van der Waals surface area (Å²) in [7, 11) is 0. The maximum absolute atomic E-state index is 5.57. The first-order chi connectivity index (χ1) is 7.95. The van der Waals surface area contributed by atoms with Crippen LogP contribution >= 0.6 is 0 Å². The average Bonchev–Trinajstić information content (AvgIpc) is 2.97. The van der Waals surface area contributed by atoms with Gasteiger partial charge in [-0.2, -0.15) is 0 Å². The summed E-state index contributed by atoms with van der Waals surface area (Å²) >= 11 is 0. The molecule has 1 aliphatic heterocycles. The zero-order valence-electron chi connectivity index (χ0n) is 10.2. The van der Waals surface area contributed by atoms with E-state index >= 15 is 0 Å². The third-order valence-electron chi connectivity index (χ3n) is 3.36. The van der Waals surface area contributed by atoms with E-state index in [1.165, 1.54) is 32.1 Å². The zero-order chi connectivity index (χ0) is 11.1. The summed E-state index contributed by atoms with van der Waals surface area (Å²) in [4.78, 5) is 0. The Bertz CT molecular complexity index is 177. The number of hydrogen-bond acceptors (Lipinski definition) is 3. The Kier molecular flexibility index (Phi) is 5.59. The highest BCUT2D eigenvalue weighted by Crippen LogP contribution is 2.28. The van der Waals surface area contributed by atoms with E-state index in [9.17, 15) is 0 Å². The smallest absolute Gasteiger partial charge is 0.0588 e. The van der Waals surface area contributed by atoms with Crippen molar-refractivity contribution >= 4 is 0 Å². The molecule has 3 nitrogen and oxygen atoms in total. The van der Waals surface area contributed by atoms with E-state index in [2.05, 4.69) is 5.32 Å². The summed E-state index contributed by atoms with van der Waals surface area (Å²) in [5.74, 6) is 0.896. The topological polar surface area (TPSA) is 30.5 Å². The Morgan fingerprint density at radius 2 is 2.12 bits per heavy atom. The molecule has 0 aromatic rings. The highest BCUT2D eigenvalue weighted by molar-refractivity contribution is 4.71. The van der Waals surface area contributed by atoms with Gasteiger partial charge in [-0.25, -0.2) is 0 Å². The summed E-state index contributed by atoms with van der Waals surface area (Å²) in [5.41, 5.74) is 0. The van der Waals surface area contributed by atoms with Crippen molar-refractivity contribution in [2.75, 3.05) is 32.9 Å². The first-order valence-electron chi connectivity index (χ1n) is 6.85. The summed E-state index contributed by atoms with van der Waals surface area (Å²) in [6, 6.07) is 0. The average molecular weight is 227 g/mol. The van der Waals surface area contributed by atoms with E-state index < -0.39 is 0 Å². The number of ether oxygens (including phenoxy) is 2. The molecule has 2 rings (SSSR count). The van der Waals surface area contributed by atoms with Gasteiger partial charge in [-0.05, 0) is 57.5 Å². The lowest BCUT2D eigenvalue weighted by atomic mass is 10.2. The second kappa shape index (κ2) is 7.25. The normalized spacial score (nSPS) is 25.1. The van der Waals surface area contributed by atoms with Crippen LogP contribution in [0.15, 0.2) is 0 Å². The van der Waals surface area contributed by atoms with Crippen molar-refractivity contribution < 1.29 is 9.47 Å². The van der Waals surface area contributed by atoms with E-state index in [0.29, 0.717) is 6.10 Å². The molecule has 3 heteroatoms. The molecular weight excluding hydrogens is 202 g/mol. The minimum atomic E-state index is 0.526. The van der Waals surface area contributed by atoms with Crippen molar-refractivity contribution in [3.63, 3.8) is 0 Å².